The van der Waals surface area contributed by atoms with Gasteiger partial charge >= 0.3 is 0 Å². The highest BCUT2D eigenvalue weighted by molar-refractivity contribution is 5.85. The summed E-state index contributed by atoms with van der Waals surface area (Å²) in [5.41, 5.74) is 4.13. The average Bonchev–Trinajstić information content (AvgIpc) is 2.46. The van der Waals surface area contributed by atoms with E-state index >= 15 is 0 Å². The molecule has 2 heteroatoms. The fourth-order valence-corrected chi connectivity index (χ4v) is 2.40. The Morgan fingerprint density at radius 3 is 2.25 bits per heavy atom. The predicted octanol–water partition coefficient (Wildman–Crippen LogP) is 5.05. The topological polar surface area (TPSA) is 12.0 Å². The number of aryl methyl sites for hydroxylation is 1. The van der Waals surface area contributed by atoms with Crippen molar-refractivity contribution in [3.8, 4) is 0 Å². The maximum absolute atomic E-state index is 3.69. The van der Waals surface area contributed by atoms with Crippen LogP contribution in [0, 0.1) is 6.92 Å². The van der Waals surface area contributed by atoms with Crippen molar-refractivity contribution in [2.24, 2.45) is 0 Å². The van der Waals surface area contributed by atoms with E-state index in [2.05, 4.69) is 73.8 Å². The van der Waals surface area contributed by atoms with E-state index in [9.17, 15) is 0 Å². The highest BCUT2D eigenvalue weighted by Crippen LogP contribution is 2.19. The van der Waals surface area contributed by atoms with E-state index in [4.69, 9.17) is 0 Å². The fraction of sp³-hybridized carbons (Fsp3) is 0.333. The van der Waals surface area contributed by atoms with Gasteiger partial charge < -0.3 is 5.32 Å². The molecule has 1 N–H and O–H groups in total. The molecule has 2 rings (SSSR count). The van der Waals surface area contributed by atoms with E-state index < -0.39 is 0 Å². The van der Waals surface area contributed by atoms with E-state index in [0.717, 1.165) is 6.54 Å². The number of hydrogen-bond acceptors (Lipinski definition) is 1. The molecule has 1 unspecified atom stereocenters. The Hall–Kier alpha value is -1.31. The van der Waals surface area contributed by atoms with Gasteiger partial charge in [-0.25, -0.2) is 0 Å². The molecular weight excluding hydrogens is 266 g/mol. The molecule has 1 nitrogen and oxygen atoms in total. The van der Waals surface area contributed by atoms with Crippen molar-refractivity contribution in [1.82, 2.24) is 5.32 Å². The Morgan fingerprint density at radius 2 is 1.60 bits per heavy atom. The van der Waals surface area contributed by atoms with Crippen LogP contribution in [0.1, 0.15) is 42.5 Å². The van der Waals surface area contributed by atoms with Gasteiger partial charge in [0, 0.05) is 12.6 Å². The molecule has 0 radical (unpaired) electrons. The zero-order chi connectivity index (χ0) is 13.5. The van der Waals surface area contributed by atoms with Crippen LogP contribution < -0.4 is 5.32 Å². The van der Waals surface area contributed by atoms with E-state index in [0.29, 0.717) is 6.04 Å². The smallest absolute Gasteiger partial charge is 0.0323 e. The minimum absolute atomic E-state index is 0. The first-order chi connectivity index (χ1) is 9.31. The molecule has 2 aromatic carbocycles. The molecule has 0 aliphatic heterocycles. The van der Waals surface area contributed by atoms with Crippen LogP contribution in [0.25, 0.3) is 0 Å². The lowest BCUT2D eigenvalue weighted by Gasteiger charge is -2.19. The van der Waals surface area contributed by atoms with Crippen molar-refractivity contribution in [1.29, 1.82) is 0 Å². The summed E-state index contributed by atoms with van der Waals surface area (Å²) >= 11 is 0. The Kier molecular flexibility index (Phi) is 7.35. The summed E-state index contributed by atoms with van der Waals surface area (Å²) in [7, 11) is 0. The summed E-state index contributed by atoms with van der Waals surface area (Å²) in [6.07, 6.45) is 2.37. The summed E-state index contributed by atoms with van der Waals surface area (Å²) in [4.78, 5) is 0. The fourth-order valence-electron chi connectivity index (χ4n) is 2.40. The molecule has 0 fully saturated rings. The van der Waals surface area contributed by atoms with Gasteiger partial charge in [-0.3, -0.25) is 0 Å². The Labute approximate surface area is 128 Å². The Morgan fingerprint density at radius 1 is 0.950 bits per heavy atom. The maximum atomic E-state index is 3.69. The van der Waals surface area contributed by atoms with E-state index in [1.54, 1.807) is 0 Å². The second kappa shape index (κ2) is 8.78. The van der Waals surface area contributed by atoms with Gasteiger partial charge in [0.15, 0.2) is 0 Å². The summed E-state index contributed by atoms with van der Waals surface area (Å²) in [5, 5.41) is 3.69. The average molecular weight is 290 g/mol. The lowest BCUT2D eigenvalue weighted by molar-refractivity contribution is 0.493. The van der Waals surface area contributed by atoms with Crippen LogP contribution in [-0.2, 0) is 6.54 Å². The molecule has 20 heavy (non-hydrogen) atoms. The molecule has 108 valence electrons. The molecule has 0 bridgehead atoms. The first-order valence-electron chi connectivity index (χ1n) is 7.14. The van der Waals surface area contributed by atoms with Gasteiger partial charge in [-0.15, -0.1) is 12.4 Å². The van der Waals surface area contributed by atoms with Crippen molar-refractivity contribution in [3.63, 3.8) is 0 Å². The Bertz CT molecular complexity index is 496. The third-order valence-electron chi connectivity index (χ3n) is 3.58. The van der Waals surface area contributed by atoms with Crippen molar-refractivity contribution < 1.29 is 0 Å². The summed E-state index contributed by atoms with van der Waals surface area (Å²) in [5.74, 6) is 0. The molecular formula is C18H24ClN. The van der Waals surface area contributed by atoms with Crippen molar-refractivity contribution in [3.05, 3.63) is 71.3 Å². The lowest BCUT2D eigenvalue weighted by atomic mass is 10.0. The molecule has 0 aliphatic rings. The monoisotopic (exact) mass is 289 g/mol. The lowest BCUT2D eigenvalue weighted by Crippen LogP contribution is -2.21. The minimum Gasteiger partial charge on any atom is -0.306 e. The third kappa shape index (κ3) is 4.66. The van der Waals surface area contributed by atoms with Gasteiger partial charge in [0.1, 0.15) is 0 Å². The second-order valence-corrected chi connectivity index (χ2v) is 5.06. The zero-order valence-corrected chi connectivity index (χ0v) is 13.1. The molecule has 0 spiro atoms. The van der Waals surface area contributed by atoms with Gasteiger partial charge in [-0.2, -0.15) is 0 Å². The summed E-state index contributed by atoms with van der Waals surface area (Å²) in [6, 6.07) is 19.8. The standard InChI is InChI=1S/C18H23N.ClH/c1-3-9-18(16-11-5-4-6-12-16)19-14-17-13-8-7-10-15(17)2;/h4-8,10-13,18-19H,3,9,14H2,1-2H3;1H. The largest absolute Gasteiger partial charge is 0.306 e. The predicted molar refractivity (Wildman–Crippen MR) is 89.4 cm³/mol. The minimum atomic E-state index is 0. The third-order valence-corrected chi connectivity index (χ3v) is 3.58. The molecule has 1 atom stereocenters. The highest BCUT2D eigenvalue weighted by atomic mass is 35.5. The van der Waals surface area contributed by atoms with Crippen molar-refractivity contribution >= 4 is 12.4 Å². The molecule has 0 heterocycles. The molecule has 0 saturated heterocycles. The van der Waals surface area contributed by atoms with E-state index in [1.807, 2.05) is 0 Å². The van der Waals surface area contributed by atoms with Crippen LogP contribution >= 0.6 is 12.4 Å². The number of nitrogens with one attached hydrogen (secondary N) is 1. The number of benzene rings is 2. The molecule has 0 aliphatic carbocycles. The van der Waals surface area contributed by atoms with Crippen LogP contribution in [-0.4, -0.2) is 0 Å². The van der Waals surface area contributed by atoms with E-state index in [-0.39, 0.29) is 12.4 Å². The SMILES string of the molecule is CCCC(NCc1ccccc1C)c1ccccc1.Cl. The van der Waals surface area contributed by atoms with Crippen molar-refractivity contribution in [2.75, 3.05) is 0 Å². The van der Waals surface area contributed by atoms with Crippen molar-refractivity contribution in [2.45, 2.75) is 39.3 Å². The van der Waals surface area contributed by atoms with E-state index in [1.165, 1.54) is 29.5 Å². The van der Waals surface area contributed by atoms with Gasteiger partial charge in [-0.1, -0.05) is 67.9 Å². The van der Waals surface area contributed by atoms with Gasteiger partial charge in [0.25, 0.3) is 0 Å². The van der Waals surface area contributed by atoms with Gasteiger partial charge in [0.05, 0.1) is 0 Å². The molecule has 0 saturated carbocycles. The highest BCUT2D eigenvalue weighted by Gasteiger charge is 2.09. The summed E-state index contributed by atoms with van der Waals surface area (Å²) < 4.78 is 0. The Balaban J connectivity index is 0.00000200. The quantitative estimate of drug-likeness (QED) is 0.785. The second-order valence-electron chi connectivity index (χ2n) is 5.06. The van der Waals surface area contributed by atoms with Crippen LogP contribution in [0.15, 0.2) is 54.6 Å². The van der Waals surface area contributed by atoms with Gasteiger partial charge in [0.2, 0.25) is 0 Å². The number of halogens is 1. The maximum Gasteiger partial charge on any atom is 0.0323 e. The van der Waals surface area contributed by atoms with Crippen LogP contribution in [0.3, 0.4) is 0 Å². The normalized spacial score (nSPS) is 11.7. The summed E-state index contributed by atoms with van der Waals surface area (Å²) in [6.45, 7) is 5.35. The molecule has 0 aromatic heterocycles. The van der Waals surface area contributed by atoms with Gasteiger partial charge in [-0.05, 0) is 30.0 Å². The molecule has 2 aromatic rings. The number of rotatable bonds is 6. The first kappa shape index (κ1) is 16.7. The van der Waals surface area contributed by atoms with Crippen LogP contribution in [0.4, 0.5) is 0 Å². The first-order valence-corrected chi connectivity index (χ1v) is 7.14. The van der Waals surface area contributed by atoms with Crippen LogP contribution in [0.5, 0.6) is 0 Å². The number of hydrogen-bond donors (Lipinski definition) is 1. The molecule has 0 amide bonds. The van der Waals surface area contributed by atoms with Crippen LogP contribution in [0.2, 0.25) is 0 Å². The zero-order valence-electron chi connectivity index (χ0n) is 12.3.